The van der Waals surface area contributed by atoms with E-state index in [0.717, 1.165) is 6.26 Å². The van der Waals surface area contributed by atoms with Gasteiger partial charge in [0.05, 0.1) is 25.5 Å². The van der Waals surface area contributed by atoms with Crippen LogP contribution in [-0.2, 0) is 25.6 Å². The molecule has 0 spiro atoms. The van der Waals surface area contributed by atoms with Gasteiger partial charge in [0.2, 0.25) is 11.6 Å². The SMILES string of the molecule is COC1=C(C)C(=O)c2c(cc3n2C[C@@H](OS(C)(=O)=O)[C@@H]3N=[N+]=[N-])C1=O. The molecule has 0 radical (unpaired) electrons. The van der Waals surface area contributed by atoms with Crippen LogP contribution in [0.1, 0.15) is 39.5 Å². The molecular weight excluding hydrogens is 352 g/mol. The molecule has 0 saturated heterocycles. The van der Waals surface area contributed by atoms with Crippen LogP contribution in [0.3, 0.4) is 0 Å². The molecule has 0 aromatic carbocycles. The quantitative estimate of drug-likeness (QED) is 0.342. The van der Waals surface area contributed by atoms with Crippen molar-refractivity contribution in [3.05, 3.63) is 44.8 Å². The number of carbonyl (C=O) groups excluding carboxylic acids is 2. The lowest BCUT2D eigenvalue weighted by Crippen LogP contribution is -2.26. The predicted molar refractivity (Wildman–Crippen MR) is 84.4 cm³/mol. The van der Waals surface area contributed by atoms with Gasteiger partial charge in [-0.2, -0.15) is 8.42 Å². The minimum atomic E-state index is -3.80. The van der Waals surface area contributed by atoms with E-state index in [1.165, 1.54) is 24.7 Å². The summed E-state index contributed by atoms with van der Waals surface area (Å²) >= 11 is 0. The van der Waals surface area contributed by atoms with Gasteiger partial charge in [-0.25, -0.2) is 0 Å². The van der Waals surface area contributed by atoms with Gasteiger partial charge in [-0.1, -0.05) is 5.11 Å². The summed E-state index contributed by atoms with van der Waals surface area (Å²) in [4.78, 5) is 27.9. The van der Waals surface area contributed by atoms with Crippen LogP contribution in [0.5, 0.6) is 0 Å². The van der Waals surface area contributed by atoms with Crippen molar-refractivity contribution in [1.82, 2.24) is 4.57 Å². The number of methoxy groups -OCH3 is 1. The monoisotopic (exact) mass is 366 g/mol. The van der Waals surface area contributed by atoms with E-state index in [-0.39, 0.29) is 29.1 Å². The topological polar surface area (TPSA) is 140 Å². The maximum absolute atomic E-state index is 12.6. The smallest absolute Gasteiger partial charge is 0.264 e. The highest BCUT2D eigenvalue weighted by molar-refractivity contribution is 7.86. The lowest BCUT2D eigenvalue weighted by atomic mass is 9.93. The molecule has 1 aromatic rings. The number of azide groups is 1. The summed E-state index contributed by atoms with van der Waals surface area (Å²) in [6, 6.07) is 0.448. The lowest BCUT2D eigenvalue weighted by Gasteiger charge is -2.18. The molecule has 2 atom stereocenters. The van der Waals surface area contributed by atoms with Crippen LogP contribution >= 0.6 is 0 Å². The molecule has 1 aliphatic carbocycles. The Hall–Kier alpha value is -2.62. The predicted octanol–water partition coefficient (Wildman–Crippen LogP) is 1.50. The maximum Gasteiger partial charge on any atom is 0.264 e. The molecule has 0 saturated carbocycles. The van der Waals surface area contributed by atoms with E-state index in [2.05, 4.69) is 10.0 Å². The molecule has 0 amide bonds. The standard InChI is InChI=1S/C14H14N4O6S/c1-6-12(19)11-7(13(20)14(6)23-2)4-8-10(16-17-15)9(5-18(8)11)24-25(3,21)22/h4,9-10H,5H2,1-3H3/t9-,10-/m1/s1. The fourth-order valence-corrected chi connectivity index (χ4v) is 3.83. The van der Waals surface area contributed by atoms with Crippen LogP contribution in [-0.4, -0.2) is 44.0 Å². The first-order chi connectivity index (χ1) is 11.7. The van der Waals surface area contributed by atoms with Gasteiger partial charge in [0, 0.05) is 16.2 Å². The molecule has 132 valence electrons. The van der Waals surface area contributed by atoms with Gasteiger partial charge < -0.3 is 9.30 Å². The molecule has 0 unspecified atom stereocenters. The van der Waals surface area contributed by atoms with E-state index in [0.29, 0.717) is 5.69 Å². The average Bonchev–Trinajstić information content (AvgIpc) is 3.02. The summed E-state index contributed by atoms with van der Waals surface area (Å²) < 4.78 is 34.3. The normalized spacial score (nSPS) is 22.5. The fraction of sp³-hybridized carbons (Fsp3) is 0.429. The minimum absolute atomic E-state index is 0.0317. The molecule has 25 heavy (non-hydrogen) atoms. The second-order valence-electron chi connectivity index (χ2n) is 5.75. The van der Waals surface area contributed by atoms with E-state index >= 15 is 0 Å². The van der Waals surface area contributed by atoms with E-state index in [4.69, 9.17) is 14.5 Å². The second-order valence-corrected chi connectivity index (χ2v) is 7.35. The largest absolute Gasteiger partial charge is 0.492 e. The van der Waals surface area contributed by atoms with Crippen molar-refractivity contribution < 1.29 is 26.9 Å². The highest BCUT2D eigenvalue weighted by atomic mass is 32.2. The van der Waals surface area contributed by atoms with Crippen LogP contribution in [0.4, 0.5) is 0 Å². The van der Waals surface area contributed by atoms with Gasteiger partial charge >= 0.3 is 0 Å². The molecule has 0 fully saturated rings. The molecule has 1 aromatic heterocycles. The van der Waals surface area contributed by atoms with Crippen LogP contribution < -0.4 is 0 Å². The molecule has 3 rings (SSSR count). The zero-order chi connectivity index (χ0) is 18.5. The van der Waals surface area contributed by atoms with Crippen LogP contribution in [0, 0.1) is 0 Å². The Labute approximate surface area is 142 Å². The molecule has 2 aliphatic rings. The number of ketones is 2. The Balaban J connectivity index is 2.14. The van der Waals surface area contributed by atoms with Gasteiger partial charge in [0.15, 0.2) is 5.76 Å². The van der Waals surface area contributed by atoms with Crippen molar-refractivity contribution in [2.24, 2.45) is 5.11 Å². The number of fused-ring (bicyclic) bond motifs is 3. The van der Waals surface area contributed by atoms with Gasteiger partial charge in [-0.3, -0.25) is 13.8 Å². The van der Waals surface area contributed by atoms with E-state index in [9.17, 15) is 18.0 Å². The van der Waals surface area contributed by atoms with Crippen LogP contribution in [0.25, 0.3) is 10.4 Å². The van der Waals surface area contributed by atoms with Gasteiger partial charge in [-0.15, -0.1) is 0 Å². The number of hydrogen-bond donors (Lipinski definition) is 0. The summed E-state index contributed by atoms with van der Waals surface area (Å²) in [6.45, 7) is 1.45. The third-order valence-electron chi connectivity index (χ3n) is 4.17. The number of Topliss-reactive ketones (excluding diaryl/α,β-unsaturated/α-hetero) is 2. The number of rotatable bonds is 4. The summed E-state index contributed by atoms with van der Waals surface area (Å²) in [6.07, 6.45) is -0.0994. The molecule has 10 nitrogen and oxygen atoms in total. The average molecular weight is 366 g/mol. The number of ether oxygens (including phenoxy) is 1. The van der Waals surface area contributed by atoms with Gasteiger partial charge in [0.1, 0.15) is 17.8 Å². The first-order valence-corrected chi connectivity index (χ1v) is 9.01. The molecule has 0 bridgehead atoms. The molecule has 1 aliphatic heterocycles. The molecule has 11 heteroatoms. The Morgan fingerprint density at radius 1 is 1.36 bits per heavy atom. The zero-order valence-corrected chi connectivity index (χ0v) is 14.4. The Kier molecular flexibility index (Phi) is 3.94. The number of carbonyl (C=O) groups is 2. The highest BCUT2D eigenvalue weighted by Crippen LogP contribution is 2.39. The summed E-state index contributed by atoms with van der Waals surface area (Å²) in [5, 5.41) is 3.59. The maximum atomic E-state index is 12.6. The fourth-order valence-electron chi connectivity index (χ4n) is 3.21. The van der Waals surface area contributed by atoms with Crippen LogP contribution in [0.15, 0.2) is 22.5 Å². The zero-order valence-electron chi connectivity index (χ0n) is 13.6. The third kappa shape index (κ3) is 2.62. The number of nitrogens with zero attached hydrogens (tertiary/aromatic N) is 4. The number of hydrogen-bond acceptors (Lipinski definition) is 7. The van der Waals surface area contributed by atoms with Crippen molar-refractivity contribution in [3.8, 4) is 0 Å². The van der Waals surface area contributed by atoms with Crippen molar-refractivity contribution in [3.63, 3.8) is 0 Å². The Bertz CT molecular complexity index is 983. The second kappa shape index (κ2) is 5.73. The van der Waals surface area contributed by atoms with Crippen molar-refractivity contribution in [1.29, 1.82) is 0 Å². The Morgan fingerprint density at radius 2 is 2.04 bits per heavy atom. The molecule has 2 heterocycles. The van der Waals surface area contributed by atoms with E-state index in [1.54, 1.807) is 0 Å². The van der Waals surface area contributed by atoms with Crippen molar-refractivity contribution in [2.45, 2.75) is 25.6 Å². The van der Waals surface area contributed by atoms with Gasteiger partial charge in [0.25, 0.3) is 10.1 Å². The van der Waals surface area contributed by atoms with Crippen molar-refractivity contribution >= 4 is 21.7 Å². The summed E-state index contributed by atoms with van der Waals surface area (Å²) in [7, 11) is -2.50. The minimum Gasteiger partial charge on any atom is -0.492 e. The highest BCUT2D eigenvalue weighted by Gasteiger charge is 2.43. The van der Waals surface area contributed by atoms with Gasteiger partial charge in [-0.05, 0) is 18.5 Å². The molecule has 0 N–H and O–H groups in total. The number of allylic oxidation sites excluding steroid dienone is 2. The summed E-state index contributed by atoms with van der Waals surface area (Å²) in [5.41, 5.74) is 9.55. The van der Waals surface area contributed by atoms with Crippen LogP contribution in [0.2, 0.25) is 0 Å². The summed E-state index contributed by atoms with van der Waals surface area (Å²) in [5.74, 6) is -0.889. The third-order valence-corrected chi connectivity index (χ3v) is 4.77. The Morgan fingerprint density at radius 3 is 2.60 bits per heavy atom. The lowest BCUT2D eigenvalue weighted by molar-refractivity contribution is 0.0901. The first-order valence-electron chi connectivity index (χ1n) is 7.19. The number of aromatic nitrogens is 1. The van der Waals surface area contributed by atoms with Crippen molar-refractivity contribution in [2.75, 3.05) is 13.4 Å². The molecular formula is C14H14N4O6S. The van der Waals surface area contributed by atoms with E-state index < -0.39 is 33.8 Å². The van der Waals surface area contributed by atoms with E-state index in [1.807, 2.05) is 0 Å². The first kappa shape index (κ1) is 17.2.